The highest BCUT2D eigenvalue weighted by Crippen LogP contribution is 2.22. The summed E-state index contributed by atoms with van der Waals surface area (Å²) in [5.74, 6) is -1.54. The molecule has 1 aromatic carbocycles. The third kappa shape index (κ3) is 2.65. The molecule has 0 radical (unpaired) electrons. The maximum Gasteiger partial charge on any atom is 0.286 e. The quantitative estimate of drug-likeness (QED) is 0.812. The van der Waals surface area contributed by atoms with Crippen molar-refractivity contribution in [2.24, 2.45) is 0 Å². The van der Waals surface area contributed by atoms with Crippen molar-refractivity contribution in [2.45, 2.75) is 11.7 Å². The molecule has 1 heterocycles. The molecule has 0 saturated carbocycles. The molecular weight excluding hydrogens is 242 g/mol. The number of hydrogen-bond acceptors (Lipinski definition) is 5. The summed E-state index contributed by atoms with van der Waals surface area (Å²) in [4.78, 5) is 32.8. The molecule has 2 rings (SSSR count). The number of carbonyl (C=O) groups excluding carboxylic acids is 3. The fraction of sp³-hybridized carbons (Fsp3) is 0.182. The maximum absolute atomic E-state index is 11.3. The van der Waals surface area contributed by atoms with Gasteiger partial charge in [-0.05, 0) is 17.5 Å². The lowest BCUT2D eigenvalue weighted by Gasteiger charge is -2.07. The first-order valence-corrected chi connectivity index (χ1v) is 5.76. The molecule has 1 saturated heterocycles. The van der Waals surface area contributed by atoms with Gasteiger partial charge in [-0.1, -0.05) is 36.0 Å². The Kier molecular flexibility index (Phi) is 3.14. The molecule has 1 aliphatic heterocycles. The molecule has 17 heavy (non-hydrogen) atoms. The molecule has 1 fully saturated rings. The molecule has 1 aliphatic rings. The molecule has 2 amide bonds. The zero-order valence-electron chi connectivity index (χ0n) is 8.64. The van der Waals surface area contributed by atoms with Gasteiger partial charge in [-0.25, -0.2) is 0 Å². The zero-order valence-corrected chi connectivity index (χ0v) is 9.45. The summed E-state index contributed by atoms with van der Waals surface area (Å²) in [7, 11) is 0. The highest BCUT2D eigenvalue weighted by molar-refractivity contribution is 8.15. The van der Waals surface area contributed by atoms with Crippen molar-refractivity contribution in [3.63, 3.8) is 0 Å². The number of rotatable bonds is 3. The van der Waals surface area contributed by atoms with Crippen molar-refractivity contribution < 1.29 is 19.5 Å². The number of carbonyl (C=O) groups is 3. The summed E-state index contributed by atoms with van der Waals surface area (Å²) in [6, 6.07) is 6.07. The second-order valence-corrected chi connectivity index (χ2v) is 4.75. The minimum atomic E-state index is -1.24. The van der Waals surface area contributed by atoms with E-state index in [1.807, 2.05) is 0 Å². The monoisotopic (exact) mass is 250 g/mol. The molecule has 1 atom stereocenters. The third-order valence-corrected chi connectivity index (χ3v) is 3.36. The van der Waals surface area contributed by atoms with E-state index in [4.69, 9.17) is 0 Å². The van der Waals surface area contributed by atoms with Gasteiger partial charge >= 0.3 is 0 Å². The largest absolute Gasteiger partial charge is 0.545 e. The summed E-state index contributed by atoms with van der Waals surface area (Å²) in [5.41, 5.74) is 0.894. The first-order chi connectivity index (χ1) is 8.06. The van der Waals surface area contributed by atoms with Crippen LogP contribution in [0.15, 0.2) is 24.3 Å². The van der Waals surface area contributed by atoms with E-state index >= 15 is 0 Å². The van der Waals surface area contributed by atoms with Crippen LogP contribution in [0.25, 0.3) is 0 Å². The fourth-order valence-electron chi connectivity index (χ4n) is 1.52. The number of aromatic carboxylic acids is 1. The Bertz CT molecular complexity index is 483. The summed E-state index contributed by atoms with van der Waals surface area (Å²) in [6.07, 6.45) is 0.398. The van der Waals surface area contributed by atoms with Crippen LogP contribution in [0.1, 0.15) is 15.9 Å². The number of hydrogen-bond donors (Lipinski definition) is 1. The van der Waals surface area contributed by atoms with Gasteiger partial charge in [-0.15, -0.1) is 0 Å². The Morgan fingerprint density at radius 1 is 1.29 bits per heavy atom. The standard InChI is InChI=1S/C11H9NO4S/c13-9-8(17-11(16)12-9)5-6-1-3-7(4-2-6)10(14)15/h1-4,8H,5H2,(H,14,15)(H,12,13,16)/p-1/t8-/m1/s1. The lowest BCUT2D eigenvalue weighted by atomic mass is 10.1. The first kappa shape index (κ1) is 11.7. The van der Waals surface area contributed by atoms with Crippen LogP contribution >= 0.6 is 11.8 Å². The average Bonchev–Trinajstić information content (AvgIpc) is 2.58. The molecule has 0 bridgehead atoms. The Balaban J connectivity index is 2.07. The lowest BCUT2D eigenvalue weighted by Crippen LogP contribution is -2.25. The van der Waals surface area contributed by atoms with Crippen molar-refractivity contribution in [3.8, 4) is 0 Å². The van der Waals surface area contributed by atoms with E-state index in [0.29, 0.717) is 6.42 Å². The molecule has 0 spiro atoms. The van der Waals surface area contributed by atoms with Gasteiger partial charge in [0.25, 0.3) is 5.24 Å². The second kappa shape index (κ2) is 4.58. The van der Waals surface area contributed by atoms with Gasteiger partial charge in [-0.2, -0.15) is 0 Å². The van der Waals surface area contributed by atoms with Crippen LogP contribution in [0, 0.1) is 0 Å². The summed E-state index contributed by atoms with van der Waals surface area (Å²) in [6.45, 7) is 0. The van der Waals surface area contributed by atoms with E-state index in [0.717, 1.165) is 17.3 Å². The molecule has 6 heteroatoms. The van der Waals surface area contributed by atoms with Gasteiger partial charge in [-0.3, -0.25) is 14.9 Å². The molecule has 1 aromatic rings. The number of nitrogens with one attached hydrogen (secondary N) is 1. The smallest absolute Gasteiger partial charge is 0.286 e. The minimum absolute atomic E-state index is 0.0911. The van der Waals surface area contributed by atoms with Gasteiger partial charge in [0, 0.05) is 0 Å². The SMILES string of the molecule is O=C1NC(=O)[C@@H](Cc2ccc(C(=O)[O-])cc2)S1. The number of thioether (sulfide) groups is 1. The zero-order chi connectivity index (χ0) is 12.4. The topological polar surface area (TPSA) is 86.3 Å². The van der Waals surface area contributed by atoms with E-state index in [1.54, 1.807) is 12.1 Å². The number of imide groups is 1. The third-order valence-electron chi connectivity index (χ3n) is 2.38. The van der Waals surface area contributed by atoms with Crippen LogP contribution in [0.3, 0.4) is 0 Å². The predicted molar refractivity (Wildman–Crippen MR) is 59.4 cm³/mol. The van der Waals surface area contributed by atoms with Crippen LogP contribution in [0.4, 0.5) is 4.79 Å². The Hall–Kier alpha value is -1.82. The average molecular weight is 250 g/mol. The van der Waals surface area contributed by atoms with Crippen molar-refractivity contribution in [3.05, 3.63) is 35.4 Å². The van der Waals surface area contributed by atoms with E-state index in [-0.39, 0.29) is 16.7 Å². The van der Waals surface area contributed by atoms with Crippen LogP contribution in [0.5, 0.6) is 0 Å². The van der Waals surface area contributed by atoms with Crippen molar-refractivity contribution in [1.29, 1.82) is 0 Å². The van der Waals surface area contributed by atoms with E-state index in [1.165, 1.54) is 12.1 Å². The Morgan fingerprint density at radius 3 is 2.41 bits per heavy atom. The van der Waals surface area contributed by atoms with Crippen LogP contribution in [0.2, 0.25) is 0 Å². The Morgan fingerprint density at radius 2 is 1.94 bits per heavy atom. The van der Waals surface area contributed by atoms with Gasteiger partial charge in [0.2, 0.25) is 5.91 Å². The van der Waals surface area contributed by atoms with Gasteiger partial charge < -0.3 is 9.90 Å². The number of carboxylic acid groups (broad SMARTS) is 1. The van der Waals surface area contributed by atoms with Crippen LogP contribution in [-0.2, 0) is 11.2 Å². The van der Waals surface area contributed by atoms with Crippen molar-refractivity contribution in [2.75, 3.05) is 0 Å². The molecule has 0 aliphatic carbocycles. The molecule has 5 nitrogen and oxygen atoms in total. The van der Waals surface area contributed by atoms with Crippen molar-refractivity contribution in [1.82, 2.24) is 5.32 Å². The number of carboxylic acids is 1. The van der Waals surface area contributed by atoms with Crippen LogP contribution in [-0.4, -0.2) is 22.4 Å². The molecule has 1 N–H and O–H groups in total. The fourth-order valence-corrected chi connectivity index (χ4v) is 2.38. The second-order valence-electron chi connectivity index (χ2n) is 3.57. The number of amides is 2. The molecule has 0 aromatic heterocycles. The highest BCUT2D eigenvalue weighted by Gasteiger charge is 2.31. The summed E-state index contributed by atoms with van der Waals surface area (Å²) >= 11 is 0.951. The minimum Gasteiger partial charge on any atom is -0.545 e. The van der Waals surface area contributed by atoms with Gasteiger partial charge in [0.15, 0.2) is 0 Å². The van der Waals surface area contributed by atoms with E-state index < -0.39 is 11.2 Å². The maximum atomic E-state index is 11.3. The molecular formula is C11H8NO4S-. The normalized spacial score (nSPS) is 19.2. The number of benzene rings is 1. The molecule has 88 valence electrons. The summed E-state index contributed by atoms with van der Waals surface area (Å²) < 4.78 is 0. The van der Waals surface area contributed by atoms with E-state index in [2.05, 4.69) is 5.32 Å². The lowest BCUT2D eigenvalue weighted by molar-refractivity contribution is -0.255. The molecule has 0 unspecified atom stereocenters. The Labute approximate surface area is 101 Å². The highest BCUT2D eigenvalue weighted by atomic mass is 32.2. The predicted octanol–water partition coefficient (Wildman–Crippen LogP) is -0.0558. The van der Waals surface area contributed by atoms with Crippen molar-refractivity contribution >= 4 is 28.9 Å². The van der Waals surface area contributed by atoms with Gasteiger partial charge in [0.1, 0.15) is 0 Å². The van der Waals surface area contributed by atoms with Gasteiger partial charge in [0.05, 0.1) is 11.2 Å². The summed E-state index contributed by atoms with van der Waals surface area (Å²) in [5, 5.41) is 12.0. The van der Waals surface area contributed by atoms with E-state index in [9.17, 15) is 19.5 Å². The van der Waals surface area contributed by atoms with Crippen LogP contribution < -0.4 is 10.4 Å². The first-order valence-electron chi connectivity index (χ1n) is 4.88.